The molecule has 2 atom stereocenters. The van der Waals surface area contributed by atoms with Gasteiger partial charge in [-0.25, -0.2) is 9.59 Å². The highest BCUT2D eigenvalue weighted by atomic mass is 79.9. The Morgan fingerprint density at radius 3 is 2.48 bits per heavy atom. The van der Waals surface area contributed by atoms with E-state index in [4.69, 9.17) is 9.47 Å². The smallest absolute Gasteiger partial charge is 0.410 e. The summed E-state index contributed by atoms with van der Waals surface area (Å²) < 4.78 is 10.3. The number of esters is 1. The van der Waals surface area contributed by atoms with Crippen LogP contribution >= 0.6 is 15.9 Å². The van der Waals surface area contributed by atoms with E-state index in [1.807, 2.05) is 42.5 Å². The fraction of sp³-hybridized carbons (Fsp3) is 0.333. The second-order valence-corrected chi connectivity index (χ2v) is 7.78. The van der Waals surface area contributed by atoms with Gasteiger partial charge in [-0.3, -0.25) is 0 Å². The highest BCUT2D eigenvalue weighted by Crippen LogP contribution is 2.34. The van der Waals surface area contributed by atoms with Crippen molar-refractivity contribution in [1.82, 2.24) is 4.90 Å². The van der Waals surface area contributed by atoms with Crippen molar-refractivity contribution < 1.29 is 19.1 Å². The lowest BCUT2D eigenvalue weighted by Gasteiger charge is -2.37. The monoisotopic (exact) mass is 431 g/mol. The number of halogens is 1. The Labute approximate surface area is 167 Å². The number of ether oxygens (including phenoxy) is 2. The Hall–Kier alpha value is -2.34. The van der Waals surface area contributed by atoms with Crippen molar-refractivity contribution in [2.24, 2.45) is 0 Å². The standard InChI is InChI=1S/C21H22BrNO4/c1-26-20(24)17-9-7-16(8-10-17)19-13-18(22)11-12-23(19)21(25)27-14-15-5-3-2-4-6-15/h2-10,18-19H,11-14H2,1H3/t18-,19+/m0/s1. The molecule has 0 aromatic heterocycles. The number of nitrogens with zero attached hydrogens (tertiary/aromatic N) is 1. The highest BCUT2D eigenvalue weighted by molar-refractivity contribution is 9.09. The molecule has 6 heteroatoms. The first-order valence-corrected chi connectivity index (χ1v) is 9.79. The number of carbonyl (C=O) groups is 2. The van der Waals surface area contributed by atoms with Gasteiger partial charge in [0.15, 0.2) is 0 Å². The number of piperidine rings is 1. The summed E-state index contributed by atoms with van der Waals surface area (Å²) >= 11 is 3.67. The van der Waals surface area contributed by atoms with Gasteiger partial charge >= 0.3 is 12.1 Å². The van der Waals surface area contributed by atoms with E-state index in [0.29, 0.717) is 16.9 Å². The summed E-state index contributed by atoms with van der Waals surface area (Å²) in [5, 5.41) is 0. The number of likely N-dealkylation sites (tertiary alicyclic amines) is 1. The van der Waals surface area contributed by atoms with Crippen LogP contribution in [-0.2, 0) is 16.1 Å². The first-order chi connectivity index (χ1) is 13.1. The molecule has 5 nitrogen and oxygen atoms in total. The Kier molecular flexibility index (Phi) is 6.50. The van der Waals surface area contributed by atoms with Gasteiger partial charge in [-0.15, -0.1) is 0 Å². The van der Waals surface area contributed by atoms with Gasteiger partial charge in [0.25, 0.3) is 0 Å². The molecule has 3 rings (SSSR count). The molecule has 0 unspecified atom stereocenters. The zero-order valence-corrected chi connectivity index (χ0v) is 16.7. The minimum atomic E-state index is -0.373. The Bertz CT molecular complexity index is 779. The Morgan fingerprint density at radius 1 is 1.11 bits per heavy atom. The third kappa shape index (κ3) is 4.89. The predicted molar refractivity (Wildman–Crippen MR) is 106 cm³/mol. The van der Waals surface area contributed by atoms with Crippen molar-refractivity contribution in [3.63, 3.8) is 0 Å². The van der Waals surface area contributed by atoms with Gasteiger partial charge in [0.2, 0.25) is 0 Å². The van der Waals surface area contributed by atoms with Crippen molar-refractivity contribution in [2.45, 2.75) is 30.3 Å². The topological polar surface area (TPSA) is 55.8 Å². The first-order valence-electron chi connectivity index (χ1n) is 8.88. The lowest BCUT2D eigenvalue weighted by atomic mass is 9.95. The fourth-order valence-corrected chi connectivity index (χ4v) is 3.78. The van der Waals surface area contributed by atoms with E-state index in [1.165, 1.54) is 7.11 Å². The summed E-state index contributed by atoms with van der Waals surface area (Å²) in [6.45, 7) is 0.870. The maximum absolute atomic E-state index is 12.7. The van der Waals surface area contributed by atoms with E-state index in [-0.39, 0.29) is 24.7 Å². The zero-order valence-electron chi connectivity index (χ0n) is 15.1. The lowest BCUT2D eigenvalue weighted by molar-refractivity contribution is 0.0599. The van der Waals surface area contributed by atoms with Gasteiger partial charge in [-0.2, -0.15) is 0 Å². The van der Waals surface area contributed by atoms with E-state index in [1.54, 1.807) is 17.0 Å². The summed E-state index contributed by atoms with van der Waals surface area (Å²) in [6.07, 6.45) is 1.34. The molecule has 0 saturated carbocycles. The summed E-state index contributed by atoms with van der Waals surface area (Å²) in [5.74, 6) is -0.373. The lowest BCUT2D eigenvalue weighted by Crippen LogP contribution is -2.41. The number of benzene rings is 2. The molecular weight excluding hydrogens is 410 g/mol. The van der Waals surface area contributed by atoms with Crippen LogP contribution in [0.1, 0.15) is 40.4 Å². The number of hydrogen-bond donors (Lipinski definition) is 0. The molecule has 27 heavy (non-hydrogen) atoms. The van der Waals surface area contributed by atoms with Crippen LogP contribution in [0.3, 0.4) is 0 Å². The second-order valence-electron chi connectivity index (χ2n) is 6.48. The maximum atomic E-state index is 12.7. The second kappa shape index (κ2) is 9.04. The summed E-state index contributed by atoms with van der Waals surface area (Å²) in [7, 11) is 1.36. The largest absolute Gasteiger partial charge is 0.465 e. The average Bonchev–Trinajstić information content (AvgIpc) is 2.72. The number of hydrogen-bond acceptors (Lipinski definition) is 4. The molecule has 0 aliphatic carbocycles. The van der Waals surface area contributed by atoms with Crippen molar-refractivity contribution >= 4 is 28.0 Å². The first kappa shape index (κ1) is 19.4. The molecule has 1 saturated heterocycles. The van der Waals surface area contributed by atoms with Crippen LogP contribution in [0.15, 0.2) is 54.6 Å². The predicted octanol–water partition coefficient (Wildman–Crippen LogP) is 4.71. The number of methoxy groups -OCH3 is 1. The van der Waals surface area contributed by atoms with Crippen molar-refractivity contribution in [2.75, 3.05) is 13.7 Å². The number of alkyl halides is 1. The van der Waals surface area contributed by atoms with Crippen molar-refractivity contribution in [1.29, 1.82) is 0 Å². The van der Waals surface area contributed by atoms with Gasteiger partial charge in [0.05, 0.1) is 18.7 Å². The fourth-order valence-electron chi connectivity index (χ4n) is 3.22. The third-order valence-corrected chi connectivity index (χ3v) is 5.53. The summed E-state index contributed by atoms with van der Waals surface area (Å²) in [6, 6.07) is 16.7. The third-order valence-electron chi connectivity index (χ3n) is 4.69. The van der Waals surface area contributed by atoms with Crippen LogP contribution in [0.2, 0.25) is 0 Å². The molecule has 1 aliphatic rings. The van der Waals surface area contributed by atoms with Gasteiger partial charge in [-0.1, -0.05) is 58.4 Å². The SMILES string of the molecule is COC(=O)c1ccc([C@H]2C[C@@H](Br)CCN2C(=O)OCc2ccccc2)cc1. The van der Waals surface area contributed by atoms with Crippen LogP contribution in [0.5, 0.6) is 0 Å². The molecule has 2 aromatic carbocycles. The van der Waals surface area contributed by atoms with Crippen molar-refractivity contribution in [3.05, 3.63) is 71.3 Å². The molecule has 0 spiro atoms. The van der Waals surface area contributed by atoms with Gasteiger partial charge < -0.3 is 14.4 Å². The van der Waals surface area contributed by atoms with Crippen LogP contribution in [0.4, 0.5) is 4.79 Å². The molecule has 0 bridgehead atoms. The molecule has 142 valence electrons. The quantitative estimate of drug-likeness (QED) is 0.519. The zero-order chi connectivity index (χ0) is 19.2. The molecule has 0 radical (unpaired) electrons. The van der Waals surface area contributed by atoms with Crippen LogP contribution in [0.25, 0.3) is 0 Å². The van der Waals surface area contributed by atoms with Crippen LogP contribution in [-0.4, -0.2) is 35.4 Å². The minimum Gasteiger partial charge on any atom is -0.465 e. The molecule has 2 aromatic rings. The van der Waals surface area contributed by atoms with E-state index in [9.17, 15) is 9.59 Å². The minimum absolute atomic E-state index is 0.0990. The molecule has 1 amide bonds. The van der Waals surface area contributed by atoms with E-state index < -0.39 is 0 Å². The normalized spacial score (nSPS) is 19.4. The maximum Gasteiger partial charge on any atom is 0.410 e. The van der Waals surface area contributed by atoms with E-state index in [0.717, 1.165) is 24.0 Å². The van der Waals surface area contributed by atoms with Crippen molar-refractivity contribution in [3.8, 4) is 0 Å². The highest BCUT2D eigenvalue weighted by Gasteiger charge is 2.32. The van der Waals surface area contributed by atoms with Crippen LogP contribution < -0.4 is 0 Å². The summed E-state index contributed by atoms with van der Waals surface area (Å²) in [5.41, 5.74) is 2.43. The Balaban J connectivity index is 1.72. The van der Waals surface area contributed by atoms with E-state index in [2.05, 4.69) is 15.9 Å². The van der Waals surface area contributed by atoms with Crippen LogP contribution in [0, 0.1) is 0 Å². The molecular formula is C21H22BrNO4. The number of carbonyl (C=O) groups excluding carboxylic acids is 2. The van der Waals surface area contributed by atoms with E-state index >= 15 is 0 Å². The summed E-state index contributed by atoms with van der Waals surface area (Å²) in [4.78, 5) is 26.4. The number of amides is 1. The molecule has 0 N–H and O–H groups in total. The molecule has 1 fully saturated rings. The van der Waals surface area contributed by atoms with Gasteiger partial charge in [0, 0.05) is 11.4 Å². The molecule has 1 aliphatic heterocycles. The Morgan fingerprint density at radius 2 is 1.81 bits per heavy atom. The molecule has 1 heterocycles. The van der Waals surface area contributed by atoms with Gasteiger partial charge in [0.1, 0.15) is 6.61 Å². The average molecular weight is 432 g/mol. The number of rotatable bonds is 4. The van der Waals surface area contributed by atoms with Gasteiger partial charge in [-0.05, 0) is 36.1 Å².